The molecule has 0 unspecified atom stereocenters. The van der Waals surface area contributed by atoms with Crippen LogP contribution in [0.2, 0.25) is 0 Å². The maximum absolute atomic E-state index is 2.25. The Morgan fingerprint density at radius 1 is 1.20 bits per heavy atom. The molecule has 0 fully saturated rings. The highest BCUT2D eigenvalue weighted by molar-refractivity contribution is 5.22. The summed E-state index contributed by atoms with van der Waals surface area (Å²) in [5.41, 5.74) is 1.35. The Morgan fingerprint density at radius 3 is 2.90 bits per heavy atom. The van der Waals surface area contributed by atoms with Crippen molar-refractivity contribution in [1.29, 1.82) is 0 Å². The minimum atomic E-state index is 1.22. The van der Waals surface area contributed by atoms with Crippen molar-refractivity contribution in [2.24, 2.45) is 0 Å². The number of hydrogen-bond acceptors (Lipinski definition) is 0. The van der Waals surface area contributed by atoms with Crippen LogP contribution in [0.25, 0.3) is 0 Å². The summed E-state index contributed by atoms with van der Waals surface area (Å²) in [7, 11) is 0. The number of rotatable bonds is 0. The van der Waals surface area contributed by atoms with Gasteiger partial charge in [0.1, 0.15) is 0 Å². The van der Waals surface area contributed by atoms with Gasteiger partial charge in [0, 0.05) is 0 Å². The van der Waals surface area contributed by atoms with Crippen molar-refractivity contribution in [3.8, 4) is 0 Å². The van der Waals surface area contributed by atoms with E-state index in [9.17, 15) is 0 Å². The fraction of sp³-hybridized carbons (Fsp3) is 0.400. The maximum atomic E-state index is 2.25. The van der Waals surface area contributed by atoms with Gasteiger partial charge in [-0.05, 0) is 26.2 Å². The third-order valence-electron chi connectivity index (χ3n) is 1.62. The second kappa shape index (κ2) is 4.10. The molecule has 0 spiro atoms. The van der Waals surface area contributed by atoms with E-state index >= 15 is 0 Å². The number of allylic oxidation sites excluding steroid dienone is 6. The van der Waals surface area contributed by atoms with Crippen LogP contribution in [0.3, 0.4) is 0 Å². The van der Waals surface area contributed by atoms with Gasteiger partial charge in [0.15, 0.2) is 0 Å². The zero-order valence-corrected chi connectivity index (χ0v) is 6.51. The van der Waals surface area contributed by atoms with Crippen LogP contribution in [0.15, 0.2) is 36.0 Å². The van der Waals surface area contributed by atoms with Gasteiger partial charge in [0.05, 0.1) is 0 Å². The van der Waals surface area contributed by atoms with Crippen LogP contribution in [0.5, 0.6) is 0 Å². The lowest BCUT2D eigenvalue weighted by Gasteiger charge is -1.87. The maximum Gasteiger partial charge on any atom is -0.0345 e. The van der Waals surface area contributed by atoms with Gasteiger partial charge in [-0.1, -0.05) is 36.0 Å². The second-order valence-electron chi connectivity index (χ2n) is 2.67. The van der Waals surface area contributed by atoms with Crippen LogP contribution in [0.1, 0.15) is 26.2 Å². The minimum absolute atomic E-state index is 1.22. The van der Waals surface area contributed by atoms with E-state index in [0.717, 1.165) is 0 Å². The fourth-order valence-corrected chi connectivity index (χ4v) is 0.994. The summed E-state index contributed by atoms with van der Waals surface area (Å²) in [6, 6.07) is 0. The lowest BCUT2D eigenvalue weighted by molar-refractivity contribution is 0.869. The Morgan fingerprint density at radius 2 is 2.00 bits per heavy atom. The standard InChI is InChI=1S/C10H14/c1-10-8-6-4-2-3-5-7-9-10/h4,6-9H,2-3,5H2,1H3. The highest BCUT2D eigenvalue weighted by Gasteiger charge is 1.84. The fourth-order valence-electron chi connectivity index (χ4n) is 0.994. The van der Waals surface area contributed by atoms with Gasteiger partial charge in [-0.25, -0.2) is 0 Å². The quantitative estimate of drug-likeness (QED) is 0.477. The summed E-state index contributed by atoms with van der Waals surface area (Å²) in [5.74, 6) is 0. The Labute approximate surface area is 62.9 Å². The van der Waals surface area contributed by atoms with Gasteiger partial charge in [-0.3, -0.25) is 0 Å². The first-order valence-corrected chi connectivity index (χ1v) is 3.89. The van der Waals surface area contributed by atoms with Gasteiger partial charge < -0.3 is 0 Å². The van der Waals surface area contributed by atoms with E-state index in [1.165, 1.54) is 24.8 Å². The molecule has 0 heteroatoms. The van der Waals surface area contributed by atoms with Crippen molar-refractivity contribution in [2.45, 2.75) is 26.2 Å². The van der Waals surface area contributed by atoms with Crippen LogP contribution in [0.4, 0.5) is 0 Å². The van der Waals surface area contributed by atoms with Crippen molar-refractivity contribution >= 4 is 0 Å². The summed E-state index contributed by atoms with van der Waals surface area (Å²) in [6.45, 7) is 2.13. The summed E-state index contributed by atoms with van der Waals surface area (Å²) in [5, 5.41) is 0. The van der Waals surface area contributed by atoms with Crippen molar-refractivity contribution in [3.05, 3.63) is 36.0 Å². The van der Waals surface area contributed by atoms with Crippen LogP contribution in [-0.2, 0) is 0 Å². The lowest BCUT2D eigenvalue weighted by Crippen LogP contribution is -1.67. The SMILES string of the molecule is CC1=CC=CCCCC=C1. The van der Waals surface area contributed by atoms with Gasteiger partial charge in [0.25, 0.3) is 0 Å². The van der Waals surface area contributed by atoms with E-state index in [1.807, 2.05) is 0 Å². The molecule has 0 heterocycles. The van der Waals surface area contributed by atoms with Gasteiger partial charge >= 0.3 is 0 Å². The first-order valence-electron chi connectivity index (χ1n) is 3.89. The molecular weight excluding hydrogens is 120 g/mol. The molecule has 0 saturated heterocycles. The molecule has 10 heavy (non-hydrogen) atoms. The van der Waals surface area contributed by atoms with E-state index < -0.39 is 0 Å². The first kappa shape index (κ1) is 7.33. The third kappa shape index (κ3) is 2.67. The molecule has 0 saturated carbocycles. The third-order valence-corrected chi connectivity index (χ3v) is 1.62. The molecule has 1 rings (SSSR count). The predicted molar refractivity (Wildman–Crippen MR) is 45.9 cm³/mol. The lowest BCUT2D eigenvalue weighted by atomic mass is 10.2. The van der Waals surface area contributed by atoms with Crippen LogP contribution in [-0.4, -0.2) is 0 Å². The average molecular weight is 134 g/mol. The van der Waals surface area contributed by atoms with E-state index in [0.29, 0.717) is 0 Å². The summed E-state index contributed by atoms with van der Waals surface area (Å²) in [4.78, 5) is 0. The van der Waals surface area contributed by atoms with E-state index in [2.05, 4.69) is 37.3 Å². The molecule has 0 aromatic carbocycles. The van der Waals surface area contributed by atoms with Gasteiger partial charge in [-0.2, -0.15) is 0 Å². The molecule has 0 aromatic heterocycles. The van der Waals surface area contributed by atoms with Gasteiger partial charge in [0.2, 0.25) is 0 Å². The molecular formula is C10H14. The normalized spacial score (nSPS) is 19.1. The molecule has 0 N–H and O–H groups in total. The molecule has 0 amide bonds. The smallest absolute Gasteiger partial charge is 0.0345 e. The Hall–Kier alpha value is -0.780. The first-order chi connectivity index (χ1) is 4.89. The summed E-state index contributed by atoms with van der Waals surface area (Å²) >= 11 is 0. The monoisotopic (exact) mass is 134 g/mol. The van der Waals surface area contributed by atoms with Crippen molar-refractivity contribution in [2.75, 3.05) is 0 Å². The molecule has 0 aliphatic heterocycles. The van der Waals surface area contributed by atoms with Crippen molar-refractivity contribution in [3.63, 3.8) is 0 Å². The molecule has 54 valence electrons. The zero-order valence-electron chi connectivity index (χ0n) is 6.51. The molecule has 0 atom stereocenters. The topological polar surface area (TPSA) is 0 Å². The Kier molecular flexibility index (Phi) is 3.01. The highest BCUT2D eigenvalue weighted by atomic mass is 13.9. The van der Waals surface area contributed by atoms with Crippen molar-refractivity contribution < 1.29 is 0 Å². The van der Waals surface area contributed by atoms with Gasteiger partial charge in [-0.15, -0.1) is 0 Å². The highest BCUT2D eigenvalue weighted by Crippen LogP contribution is 2.04. The zero-order chi connectivity index (χ0) is 7.23. The van der Waals surface area contributed by atoms with E-state index in [4.69, 9.17) is 0 Å². The predicted octanol–water partition coefficient (Wildman–Crippen LogP) is 3.23. The van der Waals surface area contributed by atoms with E-state index in [-0.39, 0.29) is 0 Å². The Bertz CT molecular complexity index is 170. The average Bonchev–Trinajstić information content (AvgIpc) is 2.02. The summed E-state index contributed by atoms with van der Waals surface area (Å²) < 4.78 is 0. The van der Waals surface area contributed by atoms with Crippen molar-refractivity contribution in [1.82, 2.24) is 0 Å². The molecule has 0 nitrogen and oxygen atoms in total. The molecule has 0 bridgehead atoms. The van der Waals surface area contributed by atoms with Crippen LogP contribution >= 0.6 is 0 Å². The van der Waals surface area contributed by atoms with Crippen LogP contribution < -0.4 is 0 Å². The van der Waals surface area contributed by atoms with E-state index in [1.54, 1.807) is 0 Å². The minimum Gasteiger partial charge on any atom is -0.0845 e. The van der Waals surface area contributed by atoms with Crippen LogP contribution in [0, 0.1) is 0 Å². The number of hydrogen-bond donors (Lipinski definition) is 0. The molecule has 1 aliphatic carbocycles. The second-order valence-corrected chi connectivity index (χ2v) is 2.67. The Balaban J connectivity index is 2.60. The largest absolute Gasteiger partial charge is 0.0845 e. The molecule has 0 radical (unpaired) electrons. The summed E-state index contributed by atoms with van der Waals surface area (Å²) in [6.07, 6.45) is 14.7. The molecule has 0 aromatic rings. The molecule has 1 aliphatic rings.